The summed E-state index contributed by atoms with van der Waals surface area (Å²) >= 11 is 3.44. The number of benzene rings is 3. The third-order valence-corrected chi connectivity index (χ3v) is 9.83. The van der Waals surface area contributed by atoms with Crippen LogP contribution in [0, 0.1) is 20.8 Å². The third kappa shape index (κ3) is 7.77. The maximum absolute atomic E-state index is 14.1. The second kappa shape index (κ2) is 13.2. The third-order valence-electron chi connectivity index (χ3n) is 7.52. The fourth-order valence-electron chi connectivity index (χ4n) is 5.22. The van der Waals surface area contributed by atoms with Crippen LogP contribution in [-0.2, 0) is 26.2 Å². The lowest BCUT2D eigenvalue weighted by Gasteiger charge is -2.32. The Labute approximate surface area is 252 Å². The Kier molecular flexibility index (Phi) is 9.92. The largest absolute Gasteiger partial charge is 0.352 e. The zero-order valence-electron chi connectivity index (χ0n) is 24.1. The minimum absolute atomic E-state index is 0.0987. The van der Waals surface area contributed by atoms with Crippen LogP contribution in [0.3, 0.4) is 0 Å². The number of hydrogen-bond donors (Lipinski definition) is 1. The van der Waals surface area contributed by atoms with Gasteiger partial charge in [-0.1, -0.05) is 64.7 Å². The van der Waals surface area contributed by atoms with E-state index in [1.807, 2.05) is 51.1 Å². The minimum Gasteiger partial charge on any atom is -0.352 e. The molecule has 1 fully saturated rings. The van der Waals surface area contributed by atoms with Crippen molar-refractivity contribution in [1.82, 2.24) is 10.2 Å². The zero-order chi connectivity index (χ0) is 29.7. The lowest BCUT2D eigenvalue weighted by atomic mass is 10.1. The number of nitrogens with zero attached hydrogens (tertiary/aromatic N) is 2. The summed E-state index contributed by atoms with van der Waals surface area (Å²) in [5, 5.41) is 3.10. The molecule has 0 unspecified atom stereocenters. The molecule has 1 atom stereocenters. The Morgan fingerprint density at radius 1 is 0.902 bits per heavy atom. The smallest absolute Gasteiger partial charge is 0.264 e. The predicted molar refractivity (Wildman–Crippen MR) is 166 cm³/mol. The molecule has 41 heavy (non-hydrogen) atoms. The van der Waals surface area contributed by atoms with Crippen LogP contribution < -0.4 is 9.62 Å². The van der Waals surface area contributed by atoms with Crippen molar-refractivity contribution < 1.29 is 18.0 Å². The van der Waals surface area contributed by atoms with Crippen LogP contribution in [0.15, 0.2) is 76.1 Å². The summed E-state index contributed by atoms with van der Waals surface area (Å²) in [5.74, 6) is -0.696. The van der Waals surface area contributed by atoms with Crippen molar-refractivity contribution >= 4 is 43.5 Å². The van der Waals surface area contributed by atoms with Gasteiger partial charge >= 0.3 is 0 Å². The monoisotopic (exact) mass is 639 g/mol. The van der Waals surface area contributed by atoms with Gasteiger partial charge in [0.1, 0.15) is 12.6 Å². The van der Waals surface area contributed by atoms with Crippen molar-refractivity contribution in [3.63, 3.8) is 0 Å². The zero-order valence-corrected chi connectivity index (χ0v) is 26.5. The van der Waals surface area contributed by atoms with Crippen LogP contribution in [0.5, 0.6) is 0 Å². The SMILES string of the molecule is Cc1ccc(S(=O)(=O)N(CC(=O)N(Cc2ccc(Br)cc2)[C@H](C)C(=O)NC2CCCC2)c2cc(C)cc(C)c2)cc1. The molecule has 0 aliphatic heterocycles. The Morgan fingerprint density at radius 2 is 1.49 bits per heavy atom. The molecule has 2 amide bonds. The molecule has 7 nitrogen and oxygen atoms in total. The summed E-state index contributed by atoms with van der Waals surface area (Å²) < 4.78 is 30.1. The normalized spacial score (nSPS) is 14.5. The molecule has 0 aromatic heterocycles. The lowest BCUT2D eigenvalue weighted by molar-refractivity contribution is -0.139. The molecular formula is C32H38BrN3O4S. The van der Waals surface area contributed by atoms with E-state index in [0.29, 0.717) is 5.69 Å². The molecule has 4 rings (SSSR count). The fourth-order valence-corrected chi connectivity index (χ4v) is 6.88. The van der Waals surface area contributed by atoms with Crippen LogP contribution in [0.2, 0.25) is 0 Å². The van der Waals surface area contributed by atoms with E-state index in [-0.39, 0.29) is 23.4 Å². The maximum Gasteiger partial charge on any atom is 0.264 e. The van der Waals surface area contributed by atoms with Crippen LogP contribution in [0.4, 0.5) is 5.69 Å². The number of sulfonamides is 1. The van der Waals surface area contributed by atoms with Gasteiger partial charge in [-0.25, -0.2) is 8.42 Å². The van der Waals surface area contributed by atoms with Gasteiger partial charge in [-0.05, 0) is 93.6 Å². The van der Waals surface area contributed by atoms with Gasteiger partial charge < -0.3 is 10.2 Å². The molecule has 0 radical (unpaired) electrons. The predicted octanol–water partition coefficient (Wildman–Crippen LogP) is 6.05. The van der Waals surface area contributed by atoms with Gasteiger partial charge in [-0.2, -0.15) is 0 Å². The van der Waals surface area contributed by atoms with Crippen molar-refractivity contribution in [3.05, 3.63) is 93.5 Å². The first-order chi connectivity index (χ1) is 19.4. The molecular weight excluding hydrogens is 602 g/mol. The molecule has 1 N–H and O–H groups in total. The Bertz CT molecular complexity index is 1460. The topological polar surface area (TPSA) is 86.8 Å². The van der Waals surface area contributed by atoms with Crippen LogP contribution in [-0.4, -0.2) is 43.8 Å². The quantitative estimate of drug-likeness (QED) is 0.293. The van der Waals surface area contributed by atoms with E-state index in [1.54, 1.807) is 43.3 Å². The molecule has 9 heteroatoms. The van der Waals surface area contributed by atoms with Gasteiger partial charge in [-0.15, -0.1) is 0 Å². The van der Waals surface area contributed by atoms with Crippen molar-refractivity contribution in [2.75, 3.05) is 10.8 Å². The van der Waals surface area contributed by atoms with Crippen LogP contribution in [0.1, 0.15) is 54.9 Å². The molecule has 3 aromatic rings. The summed E-state index contributed by atoms with van der Waals surface area (Å²) in [4.78, 5) is 29.0. The molecule has 1 saturated carbocycles. The summed E-state index contributed by atoms with van der Waals surface area (Å²) in [6.07, 6.45) is 3.99. The average Bonchev–Trinajstić information content (AvgIpc) is 3.43. The van der Waals surface area contributed by atoms with Crippen molar-refractivity contribution in [2.45, 2.75) is 76.9 Å². The first kappa shape index (κ1) is 30.8. The van der Waals surface area contributed by atoms with Crippen LogP contribution >= 0.6 is 15.9 Å². The molecule has 218 valence electrons. The molecule has 1 aliphatic rings. The van der Waals surface area contributed by atoms with Crippen molar-refractivity contribution in [3.8, 4) is 0 Å². The van der Waals surface area contributed by atoms with E-state index in [4.69, 9.17) is 0 Å². The highest BCUT2D eigenvalue weighted by Gasteiger charge is 2.33. The first-order valence-electron chi connectivity index (χ1n) is 14.0. The molecule has 0 saturated heterocycles. The number of anilines is 1. The van der Waals surface area contributed by atoms with Crippen molar-refractivity contribution in [2.24, 2.45) is 0 Å². The van der Waals surface area contributed by atoms with Gasteiger partial charge in [0.2, 0.25) is 11.8 Å². The molecule has 0 bridgehead atoms. The summed E-state index contributed by atoms with van der Waals surface area (Å²) in [7, 11) is -4.10. The second-order valence-corrected chi connectivity index (χ2v) is 13.8. The number of carbonyl (C=O) groups excluding carboxylic acids is 2. The number of hydrogen-bond acceptors (Lipinski definition) is 4. The number of carbonyl (C=O) groups is 2. The number of nitrogens with one attached hydrogen (secondary N) is 1. The summed E-state index contributed by atoms with van der Waals surface area (Å²) in [6.45, 7) is 7.10. The minimum atomic E-state index is -4.10. The van der Waals surface area contributed by atoms with E-state index in [0.717, 1.165) is 56.7 Å². The van der Waals surface area contributed by atoms with Crippen LogP contribution in [0.25, 0.3) is 0 Å². The van der Waals surface area contributed by atoms with Gasteiger partial charge in [-0.3, -0.25) is 13.9 Å². The van der Waals surface area contributed by atoms with E-state index in [2.05, 4.69) is 21.2 Å². The Morgan fingerprint density at radius 3 is 2.07 bits per heavy atom. The van der Waals surface area contributed by atoms with Gasteiger partial charge in [0.05, 0.1) is 10.6 Å². The molecule has 3 aromatic carbocycles. The Hall–Kier alpha value is -3.17. The average molecular weight is 641 g/mol. The Balaban J connectivity index is 1.70. The highest BCUT2D eigenvalue weighted by atomic mass is 79.9. The number of amides is 2. The van der Waals surface area contributed by atoms with Gasteiger partial charge in [0.15, 0.2) is 0 Å². The van der Waals surface area contributed by atoms with E-state index in [9.17, 15) is 18.0 Å². The maximum atomic E-state index is 14.1. The molecule has 0 heterocycles. The number of aryl methyl sites for hydroxylation is 3. The first-order valence-corrected chi connectivity index (χ1v) is 16.2. The summed E-state index contributed by atoms with van der Waals surface area (Å²) in [6, 6.07) is 18.9. The number of rotatable bonds is 10. The standard InChI is InChI=1S/C32H38BrN3O4S/c1-22-9-15-30(16-10-22)41(39,40)36(29-18-23(2)17-24(3)19-29)21-31(37)35(20-26-11-13-27(33)14-12-26)25(4)32(38)34-28-7-5-6-8-28/h9-19,25,28H,5-8,20-21H2,1-4H3,(H,34,38)/t25-/m1/s1. The summed E-state index contributed by atoms with van der Waals surface area (Å²) in [5.41, 5.74) is 3.94. The van der Waals surface area contributed by atoms with E-state index in [1.165, 1.54) is 4.90 Å². The molecule has 1 aliphatic carbocycles. The number of halogens is 1. The van der Waals surface area contributed by atoms with Gasteiger partial charge in [0, 0.05) is 17.1 Å². The van der Waals surface area contributed by atoms with Gasteiger partial charge in [0.25, 0.3) is 10.0 Å². The molecule has 0 spiro atoms. The highest BCUT2D eigenvalue weighted by molar-refractivity contribution is 9.10. The lowest BCUT2D eigenvalue weighted by Crippen LogP contribution is -2.52. The van der Waals surface area contributed by atoms with E-state index >= 15 is 0 Å². The fraction of sp³-hybridized carbons (Fsp3) is 0.375. The highest BCUT2D eigenvalue weighted by Crippen LogP contribution is 2.27. The van der Waals surface area contributed by atoms with Crippen molar-refractivity contribution in [1.29, 1.82) is 0 Å². The van der Waals surface area contributed by atoms with E-state index < -0.39 is 28.5 Å². The second-order valence-electron chi connectivity index (χ2n) is 11.0.